The zero-order valence-corrected chi connectivity index (χ0v) is 10.0. The van der Waals surface area contributed by atoms with E-state index in [0.717, 1.165) is 24.8 Å². The average Bonchev–Trinajstić information content (AvgIpc) is 2.62. The minimum absolute atomic E-state index is 0.0580. The molecule has 0 aliphatic heterocycles. The molecule has 0 aromatic heterocycles. The second kappa shape index (κ2) is 7.01. The molecule has 1 aliphatic carbocycles. The largest absolute Gasteiger partial charge is 0.466 e. The molecule has 1 aliphatic rings. The standard InChI is InChI=1S/C13H18O4/c1-17-13(16)7-5-3-2-4-6-10-8-11(14)9-12(10)15/h5,7-8,11,14H,2-4,6,9H2,1H3/t11-/m0/s1. The van der Waals surface area contributed by atoms with Gasteiger partial charge >= 0.3 is 5.97 Å². The first-order valence-corrected chi connectivity index (χ1v) is 5.80. The maximum Gasteiger partial charge on any atom is 0.330 e. The van der Waals surface area contributed by atoms with Gasteiger partial charge in [0.05, 0.1) is 13.2 Å². The molecule has 1 N–H and O–H groups in total. The third kappa shape index (κ3) is 4.95. The Morgan fingerprint density at radius 1 is 1.59 bits per heavy atom. The zero-order chi connectivity index (χ0) is 12.7. The molecule has 94 valence electrons. The van der Waals surface area contributed by atoms with Crippen molar-refractivity contribution < 1.29 is 19.4 Å². The van der Waals surface area contributed by atoms with Crippen molar-refractivity contribution in [3.63, 3.8) is 0 Å². The first-order valence-electron chi connectivity index (χ1n) is 5.80. The van der Waals surface area contributed by atoms with Crippen LogP contribution < -0.4 is 0 Å². The van der Waals surface area contributed by atoms with Crippen LogP contribution in [0.1, 0.15) is 32.1 Å². The van der Waals surface area contributed by atoms with Gasteiger partial charge in [-0.1, -0.05) is 6.08 Å². The number of allylic oxidation sites excluding steroid dienone is 2. The van der Waals surface area contributed by atoms with Crippen molar-refractivity contribution in [1.82, 2.24) is 0 Å². The quantitative estimate of drug-likeness (QED) is 0.433. The monoisotopic (exact) mass is 238 g/mol. The molecule has 0 aromatic rings. The van der Waals surface area contributed by atoms with Crippen molar-refractivity contribution in [1.29, 1.82) is 0 Å². The number of carbonyl (C=O) groups excluding carboxylic acids is 2. The van der Waals surface area contributed by atoms with E-state index in [1.54, 1.807) is 12.2 Å². The molecule has 1 rings (SSSR count). The van der Waals surface area contributed by atoms with Gasteiger partial charge in [-0.2, -0.15) is 0 Å². The minimum Gasteiger partial charge on any atom is -0.466 e. The summed E-state index contributed by atoms with van der Waals surface area (Å²) in [5.74, 6) is -0.288. The zero-order valence-electron chi connectivity index (χ0n) is 10.0. The summed E-state index contributed by atoms with van der Waals surface area (Å²) in [6.07, 6.45) is 7.77. The van der Waals surface area contributed by atoms with Crippen molar-refractivity contribution >= 4 is 11.8 Å². The number of hydrogen-bond donors (Lipinski definition) is 1. The van der Waals surface area contributed by atoms with Crippen LogP contribution in [0.2, 0.25) is 0 Å². The molecule has 0 unspecified atom stereocenters. The van der Waals surface area contributed by atoms with E-state index in [1.165, 1.54) is 13.2 Å². The number of methoxy groups -OCH3 is 1. The van der Waals surface area contributed by atoms with Crippen LogP contribution >= 0.6 is 0 Å². The van der Waals surface area contributed by atoms with Gasteiger partial charge < -0.3 is 9.84 Å². The van der Waals surface area contributed by atoms with Crippen LogP contribution in [0.25, 0.3) is 0 Å². The Morgan fingerprint density at radius 2 is 2.35 bits per heavy atom. The summed E-state index contributed by atoms with van der Waals surface area (Å²) in [7, 11) is 1.34. The number of esters is 1. The van der Waals surface area contributed by atoms with Crippen LogP contribution in [0.4, 0.5) is 0 Å². The number of aliphatic hydroxyl groups is 1. The highest BCUT2D eigenvalue weighted by atomic mass is 16.5. The molecule has 0 fully saturated rings. The van der Waals surface area contributed by atoms with Crippen molar-refractivity contribution in [2.75, 3.05) is 7.11 Å². The SMILES string of the molecule is COC(=O)C=CCCCCC1=C[C@H](O)CC1=O. The lowest BCUT2D eigenvalue weighted by molar-refractivity contribution is -0.134. The summed E-state index contributed by atoms with van der Waals surface area (Å²) in [5.41, 5.74) is 0.745. The lowest BCUT2D eigenvalue weighted by Crippen LogP contribution is -2.01. The molecule has 0 spiro atoms. The minimum atomic E-state index is -0.586. The second-order valence-electron chi connectivity index (χ2n) is 4.06. The van der Waals surface area contributed by atoms with Crippen LogP contribution in [0, 0.1) is 0 Å². The van der Waals surface area contributed by atoms with Crippen LogP contribution in [0.3, 0.4) is 0 Å². The molecule has 0 saturated carbocycles. The van der Waals surface area contributed by atoms with Gasteiger partial charge in [0.25, 0.3) is 0 Å². The van der Waals surface area contributed by atoms with Crippen molar-refractivity contribution in [3.8, 4) is 0 Å². The highest BCUT2D eigenvalue weighted by molar-refractivity contribution is 5.98. The fourth-order valence-corrected chi connectivity index (χ4v) is 1.75. The van der Waals surface area contributed by atoms with E-state index in [2.05, 4.69) is 4.74 Å². The lowest BCUT2D eigenvalue weighted by atomic mass is 10.1. The number of Topliss-reactive ketones (excluding diaryl/α,β-unsaturated/α-hetero) is 1. The molecule has 4 heteroatoms. The molecule has 0 amide bonds. The van der Waals surface area contributed by atoms with E-state index < -0.39 is 6.10 Å². The Kier molecular flexibility index (Phi) is 5.63. The van der Waals surface area contributed by atoms with E-state index in [-0.39, 0.29) is 18.2 Å². The molecule has 17 heavy (non-hydrogen) atoms. The predicted octanol–water partition coefficient (Wildman–Crippen LogP) is 1.54. The van der Waals surface area contributed by atoms with E-state index in [4.69, 9.17) is 0 Å². The molecular weight excluding hydrogens is 220 g/mol. The molecule has 1 atom stereocenters. The maximum absolute atomic E-state index is 11.3. The van der Waals surface area contributed by atoms with E-state index in [0.29, 0.717) is 6.42 Å². The highest BCUT2D eigenvalue weighted by Gasteiger charge is 2.20. The van der Waals surface area contributed by atoms with Crippen molar-refractivity contribution in [2.45, 2.75) is 38.2 Å². The van der Waals surface area contributed by atoms with Gasteiger partial charge in [0.2, 0.25) is 0 Å². The molecule has 0 bridgehead atoms. The fourth-order valence-electron chi connectivity index (χ4n) is 1.75. The summed E-state index contributed by atoms with van der Waals surface area (Å²) in [6.45, 7) is 0. The third-order valence-corrected chi connectivity index (χ3v) is 2.67. The second-order valence-corrected chi connectivity index (χ2v) is 4.06. The number of ether oxygens (including phenoxy) is 1. The van der Waals surface area contributed by atoms with Gasteiger partial charge in [-0.3, -0.25) is 4.79 Å². The van der Waals surface area contributed by atoms with Gasteiger partial charge in [0.15, 0.2) is 5.78 Å². The van der Waals surface area contributed by atoms with E-state index in [1.807, 2.05) is 0 Å². The van der Waals surface area contributed by atoms with Gasteiger partial charge in [0.1, 0.15) is 0 Å². The number of rotatable bonds is 6. The van der Waals surface area contributed by atoms with E-state index in [9.17, 15) is 14.7 Å². The molecule has 4 nitrogen and oxygen atoms in total. The molecule has 0 heterocycles. The fraction of sp³-hybridized carbons (Fsp3) is 0.538. The van der Waals surface area contributed by atoms with Crippen LogP contribution in [0.5, 0.6) is 0 Å². The average molecular weight is 238 g/mol. The normalized spacial score (nSPS) is 19.8. The number of unbranched alkanes of at least 4 members (excludes halogenated alkanes) is 2. The van der Waals surface area contributed by atoms with Crippen molar-refractivity contribution in [2.24, 2.45) is 0 Å². The van der Waals surface area contributed by atoms with Crippen LogP contribution in [-0.4, -0.2) is 30.1 Å². The summed E-state index contributed by atoms with van der Waals surface area (Å²) in [4.78, 5) is 22.1. The molecule has 0 saturated heterocycles. The number of hydrogen-bond acceptors (Lipinski definition) is 4. The summed E-state index contributed by atoms with van der Waals surface area (Å²) in [5, 5.41) is 9.24. The Labute approximate surface area is 101 Å². The van der Waals surface area contributed by atoms with Gasteiger partial charge in [0, 0.05) is 12.5 Å². The summed E-state index contributed by atoms with van der Waals surface area (Å²) < 4.78 is 4.46. The summed E-state index contributed by atoms with van der Waals surface area (Å²) >= 11 is 0. The van der Waals surface area contributed by atoms with E-state index >= 15 is 0 Å². The molecular formula is C13H18O4. The Balaban J connectivity index is 2.13. The summed E-state index contributed by atoms with van der Waals surface area (Å²) in [6, 6.07) is 0. The van der Waals surface area contributed by atoms with Crippen molar-refractivity contribution in [3.05, 3.63) is 23.8 Å². The first kappa shape index (κ1) is 13.6. The topological polar surface area (TPSA) is 63.6 Å². The first-order chi connectivity index (χ1) is 8.13. The lowest BCUT2D eigenvalue weighted by Gasteiger charge is -1.98. The Hall–Kier alpha value is -1.42. The number of aliphatic hydroxyl groups excluding tert-OH is 1. The smallest absolute Gasteiger partial charge is 0.330 e. The third-order valence-electron chi connectivity index (χ3n) is 2.67. The highest BCUT2D eigenvalue weighted by Crippen LogP contribution is 2.20. The molecule has 0 radical (unpaired) electrons. The maximum atomic E-state index is 11.3. The molecule has 0 aromatic carbocycles. The van der Waals surface area contributed by atoms with Gasteiger partial charge in [-0.05, 0) is 37.3 Å². The Morgan fingerprint density at radius 3 is 2.94 bits per heavy atom. The number of ketones is 1. The van der Waals surface area contributed by atoms with Gasteiger partial charge in [-0.15, -0.1) is 0 Å². The number of carbonyl (C=O) groups is 2. The van der Waals surface area contributed by atoms with Gasteiger partial charge in [-0.25, -0.2) is 4.79 Å². The van der Waals surface area contributed by atoms with Crippen LogP contribution in [0.15, 0.2) is 23.8 Å². The van der Waals surface area contributed by atoms with Crippen LogP contribution in [-0.2, 0) is 14.3 Å². The predicted molar refractivity (Wildman–Crippen MR) is 63.3 cm³/mol. The Bertz CT molecular complexity index is 341.